The molecule has 2 N–H and O–H groups in total. The smallest absolute Gasteiger partial charge is 0.330 e. The molecular formula is C18H25NO4S. The molecule has 1 aromatic rings. The molecule has 1 heterocycles. The third-order valence-electron chi connectivity index (χ3n) is 4.34. The molecule has 1 saturated heterocycles. The Labute approximate surface area is 147 Å². The van der Waals surface area contributed by atoms with E-state index in [2.05, 4.69) is 17.4 Å². The molecule has 2 rings (SSSR count). The van der Waals surface area contributed by atoms with Crippen molar-refractivity contribution in [1.82, 2.24) is 5.32 Å². The summed E-state index contributed by atoms with van der Waals surface area (Å²) in [6.07, 6.45) is 4.62. The van der Waals surface area contributed by atoms with Crippen LogP contribution in [0.5, 0.6) is 5.75 Å². The van der Waals surface area contributed by atoms with Crippen molar-refractivity contribution >= 4 is 23.6 Å². The predicted octanol–water partition coefficient (Wildman–Crippen LogP) is 2.87. The highest BCUT2D eigenvalue weighted by Gasteiger charge is 2.42. The summed E-state index contributed by atoms with van der Waals surface area (Å²) in [6.45, 7) is 0. The van der Waals surface area contributed by atoms with E-state index >= 15 is 0 Å². The number of amides is 1. The predicted molar refractivity (Wildman–Crippen MR) is 95.6 cm³/mol. The number of thioether (sulfide) groups is 1. The summed E-state index contributed by atoms with van der Waals surface area (Å²) in [5.41, 5.74) is 0.207. The Hall–Kier alpha value is -1.69. The van der Waals surface area contributed by atoms with Gasteiger partial charge in [-0.2, -0.15) is 11.8 Å². The Morgan fingerprint density at radius 2 is 2.00 bits per heavy atom. The maximum atomic E-state index is 12.0. The molecule has 5 nitrogen and oxygen atoms in total. The second-order valence-electron chi connectivity index (χ2n) is 6.15. The molecule has 24 heavy (non-hydrogen) atoms. The highest BCUT2D eigenvalue weighted by molar-refractivity contribution is 7.99. The molecule has 0 spiro atoms. The minimum atomic E-state index is -1.05. The van der Waals surface area contributed by atoms with Crippen LogP contribution in [0.4, 0.5) is 0 Å². The van der Waals surface area contributed by atoms with Gasteiger partial charge < -0.3 is 15.2 Å². The molecule has 0 aliphatic carbocycles. The molecule has 1 unspecified atom stereocenters. The van der Waals surface area contributed by atoms with E-state index in [1.165, 1.54) is 5.56 Å². The van der Waals surface area contributed by atoms with Crippen molar-refractivity contribution in [2.45, 2.75) is 44.1 Å². The average Bonchev–Trinajstić information content (AvgIpc) is 3.05. The SMILES string of the molecule is COc1ccc(CCCCCC(=O)NC2(C(=O)O)CCSC2)cc1. The van der Waals surface area contributed by atoms with Crippen molar-refractivity contribution in [2.75, 3.05) is 18.6 Å². The van der Waals surface area contributed by atoms with Crippen LogP contribution < -0.4 is 10.1 Å². The summed E-state index contributed by atoms with van der Waals surface area (Å²) >= 11 is 1.58. The van der Waals surface area contributed by atoms with Crippen LogP contribution in [0.3, 0.4) is 0 Å². The minimum Gasteiger partial charge on any atom is -0.497 e. The van der Waals surface area contributed by atoms with Crippen molar-refractivity contribution in [3.05, 3.63) is 29.8 Å². The largest absolute Gasteiger partial charge is 0.497 e. The summed E-state index contributed by atoms with van der Waals surface area (Å²) in [6, 6.07) is 8.02. The third kappa shape index (κ3) is 5.16. The summed E-state index contributed by atoms with van der Waals surface area (Å²) in [5, 5.41) is 12.1. The van der Waals surface area contributed by atoms with Gasteiger partial charge in [-0.05, 0) is 49.1 Å². The van der Waals surface area contributed by atoms with E-state index in [1.807, 2.05) is 12.1 Å². The van der Waals surface area contributed by atoms with Gasteiger partial charge in [-0.15, -0.1) is 0 Å². The Balaban J connectivity index is 1.64. The number of aliphatic carboxylic acids is 1. The molecule has 0 aromatic heterocycles. The van der Waals surface area contributed by atoms with Gasteiger partial charge in [0.2, 0.25) is 5.91 Å². The lowest BCUT2D eigenvalue weighted by Gasteiger charge is -2.24. The number of aryl methyl sites for hydroxylation is 1. The number of carboxylic acid groups (broad SMARTS) is 1. The van der Waals surface area contributed by atoms with Crippen molar-refractivity contribution in [3.8, 4) is 5.75 Å². The first-order valence-electron chi connectivity index (χ1n) is 8.31. The third-order valence-corrected chi connectivity index (χ3v) is 5.53. The highest BCUT2D eigenvalue weighted by Crippen LogP contribution is 2.28. The molecular weight excluding hydrogens is 326 g/mol. The summed E-state index contributed by atoms with van der Waals surface area (Å²) < 4.78 is 5.13. The second kappa shape index (κ2) is 8.97. The lowest BCUT2D eigenvalue weighted by Crippen LogP contribution is -2.54. The molecule has 1 aliphatic rings. The van der Waals surface area contributed by atoms with Gasteiger partial charge >= 0.3 is 5.97 Å². The first-order chi connectivity index (χ1) is 11.6. The molecule has 0 radical (unpaired) electrons. The lowest BCUT2D eigenvalue weighted by molar-refractivity contribution is -0.146. The maximum absolute atomic E-state index is 12.0. The number of ether oxygens (including phenoxy) is 1. The molecule has 1 amide bonds. The molecule has 0 saturated carbocycles. The van der Waals surface area contributed by atoms with E-state index in [0.29, 0.717) is 18.6 Å². The Bertz CT molecular complexity index is 553. The van der Waals surface area contributed by atoms with Gasteiger partial charge in [0, 0.05) is 12.2 Å². The average molecular weight is 351 g/mol. The van der Waals surface area contributed by atoms with Crippen molar-refractivity contribution in [3.63, 3.8) is 0 Å². The van der Waals surface area contributed by atoms with Crippen LogP contribution in [0.1, 0.15) is 37.7 Å². The summed E-state index contributed by atoms with van der Waals surface area (Å²) in [7, 11) is 1.65. The van der Waals surface area contributed by atoms with Crippen LogP contribution >= 0.6 is 11.8 Å². The van der Waals surface area contributed by atoms with E-state index in [0.717, 1.165) is 37.2 Å². The maximum Gasteiger partial charge on any atom is 0.330 e. The Morgan fingerprint density at radius 1 is 1.25 bits per heavy atom. The number of benzene rings is 1. The molecule has 6 heteroatoms. The van der Waals surface area contributed by atoms with Crippen molar-refractivity contribution in [2.24, 2.45) is 0 Å². The van der Waals surface area contributed by atoms with Crippen molar-refractivity contribution < 1.29 is 19.4 Å². The Kier molecular flexibility index (Phi) is 6.97. The second-order valence-corrected chi connectivity index (χ2v) is 7.25. The van der Waals surface area contributed by atoms with E-state index < -0.39 is 11.5 Å². The van der Waals surface area contributed by atoms with E-state index in [9.17, 15) is 14.7 Å². The molecule has 0 bridgehead atoms. The van der Waals surface area contributed by atoms with Gasteiger partial charge in [0.1, 0.15) is 11.3 Å². The van der Waals surface area contributed by atoms with Crippen LogP contribution in [0.25, 0.3) is 0 Å². The molecule has 1 aromatic carbocycles. The van der Waals surface area contributed by atoms with Gasteiger partial charge in [0.15, 0.2) is 0 Å². The lowest BCUT2D eigenvalue weighted by atomic mass is 9.98. The van der Waals surface area contributed by atoms with Gasteiger partial charge in [-0.25, -0.2) is 4.79 Å². The molecule has 1 atom stereocenters. The number of unbranched alkanes of at least 4 members (excludes halogenated alkanes) is 2. The monoisotopic (exact) mass is 351 g/mol. The van der Waals surface area contributed by atoms with Gasteiger partial charge in [0.05, 0.1) is 7.11 Å². The fourth-order valence-electron chi connectivity index (χ4n) is 2.80. The number of carbonyl (C=O) groups is 2. The number of rotatable bonds is 9. The Morgan fingerprint density at radius 3 is 2.58 bits per heavy atom. The van der Waals surface area contributed by atoms with Gasteiger partial charge in [-0.3, -0.25) is 4.79 Å². The van der Waals surface area contributed by atoms with Crippen molar-refractivity contribution in [1.29, 1.82) is 0 Å². The van der Waals surface area contributed by atoms with E-state index in [4.69, 9.17) is 4.74 Å². The van der Waals surface area contributed by atoms with Crippen LogP contribution in [-0.4, -0.2) is 41.1 Å². The van der Waals surface area contributed by atoms with E-state index in [1.54, 1.807) is 18.9 Å². The fourth-order valence-corrected chi connectivity index (χ4v) is 4.12. The zero-order valence-electron chi connectivity index (χ0n) is 14.0. The quantitative estimate of drug-likeness (QED) is 0.669. The standard InChI is InChI=1S/C18H25NO4S/c1-23-15-9-7-14(8-10-15)5-3-2-4-6-16(20)19-18(17(21)22)11-12-24-13-18/h7-10H,2-6,11-13H2,1H3,(H,19,20)(H,21,22). The topological polar surface area (TPSA) is 75.6 Å². The molecule has 132 valence electrons. The summed E-state index contributed by atoms with van der Waals surface area (Å²) in [5.74, 6) is 1.04. The van der Waals surface area contributed by atoms with Crippen LogP contribution in [-0.2, 0) is 16.0 Å². The molecule has 1 aliphatic heterocycles. The first-order valence-corrected chi connectivity index (χ1v) is 9.46. The number of carbonyl (C=O) groups excluding carboxylic acids is 1. The highest BCUT2D eigenvalue weighted by atomic mass is 32.2. The zero-order valence-corrected chi connectivity index (χ0v) is 14.9. The van der Waals surface area contributed by atoms with E-state index in [-0.39, 0.29) is 5.91 Å². The van der Waals surface area contributed by atoms with Crippen LogP contribution in [0, 0.1) is 0 Å². The number of hydrogen-bond acceptors (Lipinski definition) is 4. The summed E-state index contributed by atoms with van der Waals surface area (Å²) in [4.78, 5) is 23.4. The number of hydrogen-bond donors (Lipinski definition) is 2. The van der Waals surface area contributed by atoms with Gasteiger partial charge in [-0.1, -0.05) is 18.6 Å². The normalized spacial score (nSPS) is 19.9. The minimum absolute atomic E-state index is 0.149. The van der Waals surface area contributed by atoms with Gasteiger partial charge in [0.25, 0.3) is 0 Å². The number of nitrogens with one attached hydrogen (secondary N) is 1. The van der Waals surface area contributed by atoms with Crippen LogP contribution in [0.15, 0.2) is 24.3 Å². The number of carboxylic acids is 1. The number of methoxy groups -OCH3 is 1. The fraction of sp³-hybridized carbons (Fsp3) is 0.556. The molecule has 1 fully saturated rings. The first kappa shape index (κ1) is 18.6. The van der Waals surface area contributed by atoms with Crippen LogP contribution in [0.2, 0.25) is 0 Å². The zero-order chi connectivity index (χ0) is 17.4.